The topological polar surface area (TPSA) is 94.2 Å². The van der Waals surface area contributed by atoms with Gasteiger partial charge in [0.15, 0.2) is 11.5 Å². The van der Waals surface area contributed by atoms with E-state index in [4.69, 9.17) is 25.8 Å². The maximum atomic E-state index is 13.5. The molecule has 1 saturated heterocycles. The van der Waals surface area contributed by atoms with Crippen LogP contribution in [0.3, 0.4) is 0 Å². The summed E-state index contributed by atoms with van der Waals surface area (Å²) >= 11 is 6.48. The fourth-order valence-electron chi connectivity index (χ4n) is 3.77. The van der Waals surface area contributed by atoms with E-state index in [-0.39, 0.29) is 41.0 Å². The lowest BCUT2D eigenvalue weighted by Crippen LogP contribution is -2.54. The molecule has 1 heterocycles. The number of nitrogens with zero attached hydrogens (tertiary/aromatic N) is 1. The Bertz CT molecular complexity index is 1410. The van der Waals surface area contributed by atoms with Gasteiger partial charge in [-0.2, -0.15) is 0 Å². The third-order valence-corrected chi connectivity index (χ3v) is 5.70. The maximum absolute atomic E-state index is 13.5. The summed E-state index contributed by atoms with van der Waals surface area (Å²) in [6, 6.07) is 14.5. The van der Waals surface area contributed by atoms with Crippen molar-refractivity contribution in [3.8, 4) is 17.2 Å². The van der Waals surface area contributed by atoms with Gasteiger partial charge in [0, 0.05) is 0 Å². The summed E-state index contributed by atoms with van der Waals surface area (Å²) in [6.45, 7) is 4.40. The Hall–Kier alpha value is -4.37. The van der Waals surface area contributed by atoms with Crippen LogP contribution in [0.15, 0.2) is 66.2 Å². The van der Waals surface area contributed by atoms with Crippen LogP contribution in [0.5, 0.6) is 17.2 Å². The molecule has 196 valence electrons. The smallest absolute Gasteiger partial charge is 0.335 e. The number of ether oxygens (including phenoxy) is 3. The zero-order chi connectivity index (χ0) is 27.2. The van der Waals surface area contributed by atoms with E-state index in [1.807, 2.05) is 6.92 Å². The number of halogens is 2. The van der Waals surface area contributed by atoms with Gasteiger partial charge in [-0.25, -0.2) is 14.1 Å². The van der Waals surface area contributed by atoms with Gasteiger partial charge in [-0.1, -0.05) is 23.7 Å². The number of hydrogen-bond acceptors (Lipinski definition) is 6. The minimum atomic E-state index is -0.865. The molecule has 0 saturated carbocycles. The number of amides is 4. The van der Waals surface area contributed by atoms with Crippen molar-refractivity contribution in [3.63, 3.8) is 0 Å². The summed E-state index contributed by atoms with van der Waals surface area (Å²) in [7, 11) is 0. The second kappa shape index (κ2) is 11.8. The van der Waals surface area contributed by atoms with Gasteiger partial charge < -0.3 is 14.2 Å². The molecular weight excluding hydrogens is 515 g/mol. The largest absolute Gasteiger partial charge is 0.494 e. The molecule has 10 heteroatoms. The van der Waals surface area contributed by atoms with Crippen LogP contribution in [0.2, 0.25) is 5.02 Å². The predicted molar refractivity (Wildman–Crippen MR) is 140 cm³/mol. The molecular formula is C28H24ClFN2O6. The van der Waals surface area contributed by atoms with E-state index < -0.39 is 23.7 Å². The highest BCUT2D eigenvalue weighted by Crippen LogP contribution is 2.38. The number of carbonyl (C=O) groups is 3. The number of nitrogens with one attached hydrogen (secondary N) is 1. The number of rotatable bonds is 9. The maximum Gasteiger partial charge on any atom is 0.335 e. The van der Waals surface area contributed by atoms with E-state index in [1.54, 1.807) is 49.4 Å². The third-order valence-electron chi connectivity index (χ3n) is 5.42. The number of barbiturate groups is 1. The van der Waals surface area contributed by atoms with Crippen molar-refractivity contribution < 1.29 is 33.0 Å². The normalized spacial score (nSPS) is 14.5. The molecule has 3 aromatic carbocycles. The van der Waals surface area contributed by atoms with Gasteiger partial charge >= 0.3 is 6.03 Å². The van der Waals surface area contributed by atoms with E-state index in [1.165, 1.54) is 24.3 Å². The molecule has 0 radical (unpaired) electrons. The van der Waals surface area contributed by atoms with E-state index in [0.717, 1.165) is 4.90 Å². The van der Waals surface area contributed by atoms with Crippen LogP contribution in [-0.2, 0) is 16.2 Å². The molecule has 1 N–H and O–H groups in total. The first kappa shape index (κ1) is 26.7. The van der Waals surface area contributed by atoms with Crippen molar-refractivity contribution in [3.05, 3.63) is 88.2 Å². The highest BCUT2D eigenvalue weighted by Gasteiger charge is 2.37. The van der Waals surface area contributed by atoms with Crippen LogP contribution in [-0.4, -0.2) is 31.1 Å². The van der Waals surface area contributed by atoms with Crippen LogP contribution in [0.25, 0.3) is 6.08 Å². The zero-order valence-electron chi connectivity index (χ0n) is 20.6. The van der Waals surface area contributed by atoms with Gasteiger partial charge in [-0.15, -0.1) is 0 Å². The lowest BCUT2D eigenvalue weighted by Gasteiger charge is -2.26. The predicted octanol–water partition coefficient (Wildman–Crippen LogP) is 5.52. The van der Waals surface area contributed by atoms with Crippen molar-refractivity contribution in [2.75, 3.05) is 18.1 Å². The third kappa shape index (κ3) is 5.95. The molecule has 1 fully saturated rings. The molecule has 0 aliphatic carbocycles. The Morgan fingerprint density at radius 1 is 0.947 bits per heavy atom. The van der Waals surface area contributed by atoms with Crippen LogP contribution in [0.1, 0.15) is 25.0 Å². The highest BCUT2D eigenvalue weighted by molar-refractivity contribution is 6.39. The van der Waals surface area contributed by atoms with E-state index in [0.29, 0.717) is 23.5 Å². The van der Waals surface area contributed by atoms with Gasteiger partial charge in [-0.05, 0) is 79.6 Å². The van der Waals surface area contributed by atoms with Crippen molar-refractivity contribution in [1.29, 1.82) is 0 Å². The Labute approximate surface area is 223 Å². The van der Waals surface area contributed by atoms with Gasteiger partial charge in [0.25, 0.3) is 11.8 Å². The van der Waals surface area contributed by atoms with Gasteiger partial charge in [0.2, 0.25) is 0 Å². The van der Waals surface area contributed by atoms with E-state index in [2.05, 4.69) is 5.32 Å². The molecule has 38 heavy (non-hydrogen) atoms. The zero-order valence-corrected chi connectivity index (χ0v) is 21.4. The minimum absolute atomic E-state index is 0.0397. The second-order valence-electron chi connectivity index (χ2n) is 8.07. The minimum Gasteiger partial charge on any atom is -0.494 e. The van der Waals surface area contributed by atoms with Crippen molar-refractivity contribution >= 4 is 41.2 Å². The molecule has 1 aliphatic rings. The average molecular weight is 539 g/mol. The molecule has 1 aliphatic heterocycles. The first-order valence-corrected chi connectivity index (χ1v) is 12.2. The van der Waals surface area contributed by atoms with Crippen molar-refractivity contribution in [2.24, 2.45) is 0 Å². The molecule has 4 rings (SSSR count). The summed E-state index contributed by atoms with van der Waals surface area (Å²) in [4.78, 5) is 39.2. The fraction of sp³-hybridized carbons (Fsp3) is 0.179. The fourth-order valence-corrected chi connectivity index (χ4v) is 4.05. The lowest BCUT2D eigenvalue weighted by molar-refractivity contribution is -0.122. The van der Waals surface area contributed by atoms with Gasteiger partial charge in [0.1, 0.15) is 23.7 Å². The monoisotopic (exact) mass is 538 g/mol. The number of carbonyl (C=O) groups excluding carboxylic acids is 3. The van der Waals surface area contributed by atoms with Crippen molar-refractivity contribution in [1.82, 2.24) is 5.32 Å². The number of benzene rings is 3. The first-order valence-electron chi connectivity index (χ1n) is 11.8. The standard InChI is InChI=1S/C28H24ClFN2O6/c1-3-36-21-10-8-20(9-11-21)32-27(34)22(26(33)31-28(32)35)13-18-14-23(29)25(24(15-18)37-4-2)38-16-17-6-5-7-19(30)12-17/h5-15H,3-4,16H2,1-2H3,(H,31,33,35)/b22-13+. The number of imide groups is 2. The molecule has 0 aromatic heterocycles. The Morgan fingerprint density at radius 3 is 2.37 bits per heavy atom. The molecule has 0 unspecified atom stereocenters. The Kier molecular flexibility index (Phi) is 8.28. The quantitative estimate of drug-likeness (QED) is 0.285. The summed E-state index contributed by atoms with van der Waals surface area (Å²) < 4.78 is 30.4. The summed E-state index contributed by atoms with van der Waals surface area (Å²) in [5.74, 6) is -0.967. The first-order chi connectivity index (χ1) is 18.3. The van der Waals surface area contributed by atoms with Gasteiger partial charge in [-0.3, -0.25) is 14.9 Å². The van der Waals surface area contributed by atoms with Crippen molar-refractivity contribution in [2.45, 2.75) is 20.5 Å². The molecule has 3 aromatic rings. The van der Waals surface area contributed by atoms with Gasteiger partial charge in [0.05, 0.1) is 23.9 Å². The number of hydrogen-bond donors (Lipinski definition) is 1. The average Bonchev–Trinajstić information content (AvgIpc) is 2.87. The van der Waals surface area contributed by atoms with Crippen LogP contribution in [0.4, 0.5) is 14.9 Å². The van der Waals surface area contributed by atoms with E-state index in [9.17, 15) is 18.8 Å². The highest BCUT2D eigenvalue weighted by atomic mass is 35.5. The molecule has 4 amide bonds. The summed E-state index contributed by atoms with van der Waals surface area (Å²) in [6.07, 6.45) is 1.32. The Morgan fingerprint density at radius 2 is 1.68 bits per heavy atom. The van der Waals surface area contributed by atoms with Crippen LogP contribution < -0.4 is 24.4 Å². The molecule has 0 atom stereocenters. The van der Waals surface area contributed by atoms with Crippen LogP contribution in [0, 0.1) is 5.82 Å². The SMILES string of the molecule is CCOc1ccc(N2C(=O)NC(=O)/C(=C\c3cc(Cl)c(OCc4cccc(F)c4)c(OCC)c3)C2=O)cc1. The van der Waals surface area contributed by atoms with Crippen LogP contribution >= 0.6 is 11.6 Å². The Balaban J connectivity index is 1.63. The molecule has 0 bridgehead atoms. The lowest BCUT2D eigenvalue weighted by atomic mass is 10.1. The molecule has 0 spiro atoms. The van der Waals surface area contributed by atoms with E-state index >= 15 is 0 Å². The summed E-state index contributed by atoms with van der Waals surface area (Å²) in [5.41, 5.74) is 0.961. The number of urea groups is 1. The summed E-state index contributed by atoms with van der Waals surface area (Å²) in [5, 5.41) is 2.34. The number of anilines is 1. The second-order valence-corrected chi connectivity index (χ2v) is 8.47. The molecule has 8 nitrogen and oxygen atoms in total.